The lowest BCUT2D eigenvalue weighted by atomic mass is 10.1. The second-order valence-corrected chi connectivity index (χ2v) is 5.53. The van der Waals surface area contributed by atoms with Gasteiger partial charge in [0.05, 0.1) is 4.92 Å². The van der Waals surface area contributed by atoms with Crippen LogP contribution in [0.15, 0.2) is 18.2 Å². The average molecular weight is 275 g/mol. The lowest BCUT2D eigenvalue weighted by molar-refractivity contribution is -0.383. The molecule has 20 heavy (non-hydrogen) atoms. The van der Waals surface area contributed by atoms with Gasteiger partial charge in [-0.25, -0.2) is 0 Å². The third-order valence-electron chi connectivity index (χ3n) is 4.38. The molecule has 2 fully saturated rings. The number of fused-ring (bicyclic) bond motifs is 2. The molecule has 1 aromatic rings. The summed E-state index contributed by atoms with van der Waals surface area (Å²) in [5, 5.41) is 13.7. The van der Waals surface area contributed by atoms with Gasteiger partial charge in [-0.3, -0.25) is 14.9 Å². The van der Waals surface area contributed by atoms with Crippen LogP contribution < -0.4 is 5.32 Å². The first-order valence-corrected chi connectivity index (χ1v) is 6.87. The molecule has 1 heterocycles. The fraction of sp³-hybridized carbons (Fsp3) is 0.500. The van der Waals surface area contributed by atoms with Gasteiger partial charge in [0, 0.05) is 31.3 Å². The number of carbonyl (C=O) groups is 1. The number of anilines is 1. The lowest BCUT2D eigenvalue weighted by Gasteiger charge is -2.27. The van der Waals surface area contributed by atoms with Crippen LogP contribution in [0.5, 0.6) is 0 Å². The Morgan fingerprint density at radius 2 is 2.25 bits per heavy atom. The Labute approximate surface area is 116 Å². The van der Waals surface area contributed by atoms with Gasteiger partial charge in [-0.15, -0.1) is 0 Å². The molecule has 0 aromatic heterocycles. The molecule has 1 saturated carbocycles. The predicted molar refractivity (Wildman–Crippen MR) is 74.8 cm³/mol. The highest BCUT2D eigenvalue weighted by atomic mass is 16.6. The first-order chi connectivity index (χ1) is 9.60. The minimum absolute atomic E-state index is 0.00741. The maximum absolute atomic E-state index is 12.5. The number of likely N-dealkylation sites (tertiary alicyclic amines) is 1. The highest BCUT2D eigenvalue weighted by Gasteiger charge is 2.40. The van der Waals surface area contributed by atoms with Crippen LogP contribution in [0.25, 0.3) is 0 Å². The predicted octanol–water partition coefficient (Wildman–Crippen LogP) is 2.26. The van der Waals surface area contributed by atoms with Crippen molar-refractivity contribution in [3.8, 4) is 0 Å². The SMILES string of the molecule is CNc1cc(C(=O)N2CC3CCC2C3)ccc1[N+](=O)[O-]. The minimum Gasteiger partial charge on any atom is -0.383 e. The van der Waals surface area contributed by atoms with Crippen LogP contribution in [0.1, 0.15) is 29.6 Å². The average Bonchev–Trinajstić information content (AvgIpc) is 3.08. The lowest BCUT2D eigenvalue weighted by Crippen LogP contribution is -2.37. The summed E-state index contributed by atoms with van der Waals surface area (Å²) >= 11 is 0. The number of nitrogens with one attached hydrogen (secondary N) is 1. The number of nitro groups is 1. The van der Waals surface area contributed by atoms with Crippen LogP contribution in [0.3, 0.4) is 0 Å². The first kappa shape index (κ1) is 12.9. The first-order valence-electron chi connectivity index (χ1n) is 6.87. The van der Waals surface area contributed by atoms with E-state index in [4.69, 9.17) is 0 Å². The van der Waals surface area contributed by atoms with E-state index in [9.17, 15) is 14.9 Å². The fourth-order valence-electron chi connectivity index (χ4n) is 3.37. The van der Waals surface area contributed by atoms with E-state index in [0.29, 0.717) is 23.2 Å². The van der Waals surface area contributed by atoms with Crippen LogP contribution in [0.2, 0.25) is 0 Å². The summed E-state index contributed by atoms with van der Waals surface area (Å²) in [5.74, 6) is 0.634. The Morgan fingerprint density at radius 1 is 1.45 bits per heavy atom. The molecular formula is C14H17N3O3. The van der Waals surface area contributed by atoms with Crippen molar-refractivity contribution in [2.45, 2.75) is 25.3 Å². The molecule has 106 valence electrons. The molecule has 1 N–H and O–H groups in total. The number of amides is 1. The smallest absolute Gasteiger partial charge is 0.292 e. The zero-order valence-electron chi connectivity index (χ0n) is 11.3. The maximum Gasteiger partial charge on any atom is 0.292 e. The summed E-state index contributed by atoms with van der Waals surface area (Å²) in [6, 6.07) is 4.88. The van der Waals surface area contributed by atoms with Crippen molar-refractivity contribution >= 4 is 17.3 Å². The second kappa shape index (κ2) is 4.77. The molecule has 0 spiro atoms. The number of hydrogen-bond donors (Lipinski definition) is 1. The molecule has 6 nitrogen and oxygen atoms in total. The molecule has 0 radical (unpaired) electrons. The number of rotatable bonds is 3. The summed E-state index contributed by atoms with van der Waals surface area (Å²) in [5.41, 5.74) is 0.893. The molecule has 2 bridgehead atoms. The van der Waals surface area contributed by atoms with E-state index in [1.54, 1.807) is 19.2 Å². The molecule has 2 aliphatic rings. The molecule has 2 unspecified atom stereocenters. The summed E-state index contributed by atoms with van der Waals surface area (Å²) in [6.07, 6.45) is 3.41. The van der Waals surface area contributed by atoms with Crippen LogP contribution in [-0.4, -0.2) is 35.4 Å². The highest BCUT2D eigenvalue weighted by Crippen LogP contribution is 2.38. The number of nitro benzene ring substituents is 1. The van der Waals surface area contributed by atoms with Crippen molar-refractivity contribution < 1.29 is 9.72 Å². The zero-order valence-corrected chi connectivity index (χ0v) is 11.3. The molecule has 1 aliphatic heterocycles. The van der Waals surface area contributed by atoms with Crippen molar-refractivity contribution in [3.63, 3.8) is 0 Å². The summed E-state index contributed by atoms with van der Waals surface area (Å²) in [6.45, 7) is 0.829. The van der Waals surface area contributed by atoms with Gasteiger partial charge < -0.3 is 10.2 Å². The van der Waals surface area contributed by atoms with Gasteiger partial charge in [0.2, 0.25) is 0 Å². The Bertz CT molecular complexity index is 573. The molecule has 1 saturated heterocycles. The quantitative estimate of drug-likeness (QED) is 0.678. The minimum atomic E-state index is -0.447. The Balaban J connectivity index is 1.87. The van der Waals surface area contributed by atoms with Gasteiger partial charge in [0.1, 0.15) is 5.69 Å². The third-order valence-corrected chi connectivity index (χ3v) is 4.38. The number of benzene rings is 1. The molecule has 1 aliphatic carbocycles. The molecule has 1 aromatic carbocycles. The maximum atomic E-state index is 12.5. The molecule has 3 rings (SSSR count). The summed E-state index contributed by atoms with van der Waals surface area (Å²) < 4.78 is 0. The Morgan fingerprint density at radius 3 is 2.80 bits per heavy atom. The molecule has 1 amide bonds. The van der Waals surface area contributed by atoms with Crippen molar-refractivity contribution in [3.05, 3.63) is 33.9 Å². The van der Waals surface area contributed by atoms with Gasteiger partial charge >= 0.3 is 0 Å². The van der Waals surface area contributed by atoms with E-state index >= 15 is 0 Å². The van der Waals surface area contributed by atoms with Gasteiger partial charge in [0.15, 0.2) is 0 Å². The van der Waals surface area contributed by atoms with Gasteiger partial charge in [0.25, 0.3) is 11.6 Å². The fourth-order valence-corrected chi connectivity index (χ4v) is 3.37. The van der Waals surface area contributed by atoms with E-state index in [2.05, 4.69) is 5.32 Å². The monoisotopic (exact) mass is 275 g/mol. The number of nitrogens with zero attached hydrogens (tertiary/aromatic N) is 2. The van der Waals surface area contributed by atoms with Crippen molar-refractivity contribution in [1.29, 1.82) is 0 Å². The van der Waals surface area contributed by atoms with E-state index in [-0.39, 0.29) is 11.6 Å². The molecule has 2 atom stereocenters. The Kier molecular flexibility index (Phi) is 3.08. The molecule has 6 heteroatoms. The van der Waals surface area contributed by atoms with Gasteiger partial charge in [-0.2, -0.15) is 0 Å². The molecular weight excluding hydrogens is 258 g/mol. The second-order valence-electron chi connectivity index (χ2n) is 5.53. The normalized spacial score (nSPS) is 23.9. The number of carbonyl (C=O) groups excluding carboxylic acids is 1. The van der Waals surface area contributed by atoms with E-state index in [1.165, 1.54) is 12.5 Å². The van der Waals surface area contributed by atoms with Crippen LogP contribution in [0, 0.1) is 16.0 Å². The van der Waals surface area contributed by atoms with Crippen molar-refractivity contribution in [2.75, 3.05) is 18.9 Å². The Hall–Kier alpha value is -2.11. The topological polar surface area (TPSA) is 75.5 Å². The zero-order chi connectivity index (χ0) is 14.3. The largest absolute Gasteiger partial charge is 0.383 e. The van der Waals surface area contributed by atoms with Crippen molar-refractivity contribution in [1.82, 2.24) is 4.90 Å². The van der Waals surface area contributed by atoms with Gasteiger partial charge in [-0.1, -0.05) is 0 Å². The van der Waals surface area contributed by atoms with Crippen LogP contribution in [0.4, 0.5) is 11.4 Å². The van der Waals surface area contributed by atoms with Crippen LogP contribution in [-0.2, 0) is 0 Å². The standard InChI is InChI=1S/C14H17N3O3/c1-15-12-7-10(3-5-13(12)17(19)20)14(18)16-8-9-2-4-11(16)6-9/h3,5,7,9,11,15H,2,4,6,8H2,1H3. The van der Waals surface area contributed by atoms with Crippen LogP contribution >= 0.6 is 0 Å². The summed E-state index contributed by atoms with van der Waals surface area (Å²) in [7, 11) is 1.62. The number of piperidine rings is 1. The van der Waals surface area contributed by atoms with Crippen molar-refractivity contribution in [2.24, 2.45) is 5.92 Å². The van der Waals surface area contributed by atoms with E-state index in [0.717, 1.165) is 19.4 Å². The van der Waals surface area contributed by atoms with E-state index < -0.39 is 4.92 Å². The highest BCUT2D eigenvalue weighted by molar-refractivity contribution is 5.96. The number of hydrogen-bond acceptors (Lipinski definition) is 4. The van der Waals surface area contributed by atoms with E-state index in [1.807, 2.05) is 4.90 Å². The summed E-state index contributed by atoms with van der Waals surface area (Å²) in [4.78, 5) is 24.9. The third kappa shape index (κ3) is 2.01. The van der Waals surface area contributed by atoms with Gasteiger partial charge in [-0.05, 0) is 37.3 Å².